The molecule has 1 aliphatic rings. The van der Waals surface area contributed by atoms with E-state index in [-0.39, 0.29) is 5.75 Å². The monoisotopic (exact) mass is 333 g/mol. The molecule has 1 fully saturated rings. The van der Waals surface area contributed by atoms with Crippen LogP contribution < -0.4 is 0 Å². The Morgan fingerprint density at radius 1 is 0.800 bits per heavy atom. The predicted molar refractivity (Wildman–Crippen MR) is 100 cm³/mol. The third-order valence-electron chi connectivity index (χ3n) is 4.85. The van der Waals surface area contributed by atoms with Crippen LogP contribution in [0.25, 0.3) is 22.5 Å². The first-order valence-electron chi connectivity index (χ1n) is 8.96. The Kier molecular flexibility index (Phi) is 4.53. The van der Waals surface area contributed by atoms with Crippen LogP contribution in [0.1, 0.15) is 12.8 Å². The summed E-state index contributed by atoms with van der Waals surface area (Å²) in [4.78, 5) is 2.47. The van der Waals surface area contributed by atoms with Crippen LogP contribution in [-0.4, -0.2) is 39.4 Å². The fraction of sp³-hybridized carbons (Fsp3) is 0.286. The molecule has 128 valence electrons. The summed E-state index contributed by atoms with van der Waals surface area (Å²) in [6.45, 7) is 4.08. The molecule has 0 saturated carbocycles. The Morgan fingerprint density at radius 3 is 2.04 bits per heavy atom. The van der Waals surface area contributed by atoms with Crippen LogP contribution in [0, 0.1) is 0 Å². The summed E-state index contributed by atoms with van der Waals surface area (Å²) in [5.41, 5.74) is 3.40. The van der Waals surface area contributed by atoms with Gasteiger partial charge in [0.2, 0.25) is 0 Å². The van der Waals surface area contributed by atoms with Gasteiger partial charge >= 0.3 is 0 Å². The smallest absolute Gasteiger partial charge is 0.169 e. The predicted octanol–water partition coefficient (Wildman–Crippen LogP) is 4.02. The summed E-state index contributed by atoms with van der Waals surface area (Å²) in [7, 11) is 0. The molecule has 25 heavy (non-hydrogen) atoms. The minimum Gasteiger partial charge on any atom is -0.504 e. The highest BCUT2D eigenvalue weighted by molar-refractivity contribution is 5.77. The highest BCUT2D eigenvalue weighted by atomic mass is 16.3. The molecule has 1 N–H and O–H groups in total. The van der Waals surface area contributed by atoms with Gasteiger partial charge in [-0.25, -0.2) is 0 Å². The van der Waals surface area contributed by atoms with Crippen LogP contribution in [0.5, 0.6) is 5.75 Å². The molecule has 1 saturated heterocycles. The number of nitrogens with zero attached hydrogens (tertiary/aromatic N) is 3. The van der Waals surface area contributed by atoms with Crippen molar-refractivity contribution in [2.75, 3.05) is 19.6 Å². The lowest BCUT2D eigenvalue weighted by Gasteiger charge is -2.15. The Balaban J connectivity index is 1.72. The number of benzene rings is 2. The average molecular weight is 333 g/mol. The van der Waals surface area contributed by atoms with Crippen LogP contribution in [0.2, 0.25) is 0 Å². The van der Waals surface area contributed by atoms with Gasteiger partial charge in [0.25, 0.3) is 0 Å². The molecule has 0 bridgehead atoms. The summed E-state index contributed by atoms with van der Waals surface area (Å²) in [6, 6.07) is 19.9. The van der Waals surface area contributed by atoms with Gasteiger partial charge in [-0.05, 0) is 25.9 Å². The molecule has 1 aromatic heterocycles. The summed E-state index contributed by atoms with van der Waals surface area (Å²) in [5, 5.41) is 15.7. The largest absolute Gasteiger partial charge is 0.504 e. The highest BCUT2D eigenvalue weighted by Gasteiger charge is 2.20. The van der Waals surface area contributed by atoms with Gasteiger partial charge in [0, 0.05) is 17.7 Å². The third-order valence-corrected chi connectivity index (χ3v) is 4.85. The van der Waals surface area contributed by atoms with Gasteiger partial charge in [-0.15, -0.1) is 0 Å². The first kappa shape index (κ1) is 15.9. The fourth-order valence-corrected chi connectivity index (χ4v) is 3.53. The van der Waals surface area contributed by atoms with Crippen LogP contribution in [0.4, 0.5) is 0 Å². The van der Waals surface area contributed by atoms with E-state index >= 15 is 0 Å². The summed E-state index contributed by atoms with van der Waals surface area (Å²) >= 11 is 0. The van der Waals surface area contributed by atoms with Crippen molar-refractivity contribution in [1.82, 2.24) is 14.7 Å². The molecule has 0 amide bonds. The Hall–Kier alpha value is -2.59. The van der Waals surface area contributed by atoms with Crippen molar-refractivity contribution in [1.29, 1.82) is 0 Å². The maximum absolute atomic E-state index is 10.9. The van der Waals surface area contributed by atoms with Crippen molar-refractivity contribution in [3.63, 3.8) is 0 Å². The van der Waals surface area contributed by atoms with E-state index in [1.54, 1.807) is 0 Å². The van der Waals surface area contributed by atoms with Crippen molar-refractivity contribution in [3.8, 4) is 28.3 Å². The zero-order valence-corrected chi connectivity index (χ0v) is 14.3. The Morgan fingerprint density at radius 2 is 1.40 bits per heavy atom. The molecule has 0 unspecified atom stereocenters. The van der Waals surface area contributed by atoms with Crippen molar-refractivity contribution in [2.24, 2.45) is 0 Å². The fourth-order valence-electron chi connectivity index (χ4n) is 3.53. The normalized spacial score (nSPS) is 14.9. The number of likely N-dealkylation sites (tertiary alicyclic amines) is 1. The zero-order chi connectivity index (χ0) is 17.1. The van der Waals surface area contributed by atoms with Crippen molar-refractivity contribution < 1.29 is 5.11 Å². The zero-order valence-electron chi connectivity index (χ0n) is 14.3. The van der Waals surface area contributed by atoms with Crippen LogP contribution >= 0.6 is 0 Å². The number of hydrogen-bond acceptors (Lipinski definition) is 3. The molecule has 4 nitrogen and oxygen atoms in total. The molecule has 0 atom stereocenters. The van der Waals surface area contributed by atoms with Crippen LogP contribution in [-0.2, 0) is 6.54 Å². The Bertz CT molecular complexity index is 821. The molecule has 4 heteroatoms. The van der Waals surface area contributed by atoms with Gasteiger partial charge < -0.3 is 10.0 Å². The summed E-state index contributed by atoms with van der Waals surface area (Å²) in [5.74, 6) is 0.263. The average Bonchev–Trinajstić information content (AvgIpc) is 3.29. The number of hydrogen-bond donors (Lipinski definition) is 1. The summed E-state index contributed by atoms with van der Waals surface area (Å²) < 4.78 is 1.96. The van der Waals surface area contributed by atoms with Gasteiger partial charge in [-0.3, -0.25) is 4.68 Å². The van der Waals surface area contributed by atoms with Crippen LogP contribution in [0.3, 0.4) is 0 Å². The molecule has 0 spiro atoms. The second-order valence-corrected chi connectivity index (χ2v) is 6.55. The van der Waals surface area contributed by atoms with Crippen LogP contribution in [0.15, 0.2) is 60.7 Å². The lowest BCUT2D eigenvalue weighted by atomic mass is 10.1. The maximum atomic E-state index is 10.9. The van der Waals surface area contributed by atoms with E-state index in [2.05, 4.69) is 4.90 Å². The lowest BCUT2D eigenvalue weighted by Crippen LogP contribution is -2.24. The lowest BCUT2D eigenvalue weighted by molar-refractivity contribution is 0.316. The standard InChI is InChI=1S/C21H23N3O/c25-21-19(17-9-3-1-4-10-17)22-24(16-15-23-13-7-8-14-23)20(21)18-11-5-2-6-12-18/h1-6,9-12,25H,7-8,13-16H2. The number of aromatic nitrogens is 2. The molecule has 3 aromatic rings. The topological polar surface area (TPSA) is 41.3 Å². The molecule has 4 rings (SSSR count). The molecule has 0 radical (unpaired) electrons. The molecule has 1 aliphatic heterocycles. The van der Waals surface area contributed by atoms with Crippen molar-refractivity contribution >= 4 is 0 Å². The second kappa shape index (κ2) is 7.11. The second-order valence-electron chi connectivity index (χ2n) is 6.55. The SMILES string of the molecule is Oc1c(-c2ccccc2)nn(CCN2CCCC2)c1-c1ccccc1. The van der Waals surface area contributed by atoms with E-state index in [0.29, 0.717) is 5.69 Å². The van der Waals surface area contributed by atoms with Gasteiger partial charge in [0.05, 0.1) is 6.54 Å². The van der Waals surface area contributed by atoms with Gasteiger partial charge in [0.15, 0.2) is 5.75 Å². The van der Waals surface area contributed by atoms with Gasteiger partial charge in [-0.2, -0.15) is 5.10 Å². The minimum absolute atomic E-state index is 0.263. The molecule has 0 aliphatic carbocycles. The van der Waals surface area contributed by atoms with E-state index in [0.717, 1.165) is 29.9 Å². The highest BCUT2D eigenvalue weighted by Crippen LogP contribution is 2.37. The molecule has 2 aromatic carbocycles. The van der Waals surface area contributed by atoms with Crippen molar-refractivity contribution in [2.45, 2.75) is 19.4 Å². The number of aromatic hydroxyl groups is 1. The van der Waals surface area contributed by atoms with Gasteiger partial charge in [-0.1, -0.05) is 60.7 Å². The van der Waals surface area contributed by atoms with Gasteiger partial charge in [0.1, 0.15) is 11.4 Å². The maximum Gasteiger partial charge on any atom is 0.169 e. The summed E-state index contributed by atoms with van der Waals surface area (Å²) in [6.07, 6.45) is 2.57. The third kappa shape index (κ3) is 3.30. The van der Waals surface area contributed by atoms with E-state index in [1.165, 1.54) is 25.9 Å². The van der Waals surface area contributed by atoms with E-state index in [9.17, 15) is 5.11 Å². The minimum atomic E-state index is 0.263. The molecular formula is C21H23N3O. The quantitative estimate of drug-likeness (QED) is 0.767. The van der Waals surface area contributed by atoms with E-state index in [4.69, 9.17) is 5.10 Å². The number of rotatable bonds is 5. The molecule has 2 heterocycles. The first-order chi connectivity index (χ1) is 12.3. The van der Waals surface area contributed by atoms with E-state index < -0.39 is 0 Å². The molecular weight excluding hydrogens is 310 g/mol. The first-order valence-corrected chi connectivity index (χ1v) is 8.96. The van der Waals surface area contributed by atoms with Crippen molar-refractivity contribution in [3.05, 3.63) is 60.7 Å². The Labute approximate surface area is 148 Å². The van der Waals surface area contributed by atoms with E-state index in [1.807, 2.05) is 65.3 Å².